The fraction of sp³-hybridized carbons (Fsp3) is 0.435. The molecule has 172 valence electrons. The topological polar surface area (TPSA) is 85.3 Å². The summed E-state index contributed by atoms with van der Waals surface area (Å²) in [6.07, 6.45) is -0.529. The van der Waals surface area contributed by atoms with Gasteiger partial charge in [0.2, 0.25) is 0 Å². The van der Waals surface area contributed by atoms with E-state index in [2.05, 4.69) is 15.7 Å². The predicted molar refractivity (Wildman–Crippen MR) is 124 cm³/mol. The Kier molecular flexibility index (Phi) is 6.59. The van der Waals surface area contributed by atoms with Crippen molar-refractivity contribution in [3.05, 3.63) is 52.3 Å². The molecule has 2 N–H and O–H groups in total. The third kappa shape index (κ3) is 6.06. The second-order valence-electron chi connectivity index (χ2n) is 9.39. The highest BCUT2D eigenvalue weighted by Gasteiger charge is 2.25. The number of hydrogen-bond acceptors (Lipinski definition) is 5. The van der Waals surface area contributed by atoms with Crippen LogP contribution in [0.1, 0.15) is 55.5 Å². The number of hydrogen-bond donors (Lipinski definition) is 2. The van der Waals surface area contributed by atoms with E-state index in [-0.39, 0.29) is 18.3 Å². The van der Waals surface area contributed by atoms with Crippen molar-refractivity contribution in [2.75, 3.05) is 6.54 Å². The molecule has 0 saturated heterocycles. The first-order chi connectivity index (χ1) is 14.8. The average Bonchev–Trinajstić information content (AvgIpc) is 3.22. The van der Waals surface area contributed by atoms with Gasteiger partial charge in [-0.05, 0) is 65.3 Å². The van der Waals surface area contributed by atoms with Crippen LogP contribution in [0.15, 0.2) is 30.3 Å². The van der Waals surface area contributed by atoms with Crippen molar-refractivity contribution in [3.63, 3.8) is 0 Å². The molecule has 7 nitrogen and oxygen atoms in total. The number of nitrogens with zero attached hydrogens (tertiary/aromatic N) is 2. The number of aromatic nitrogens is 2. The Hall–Kier alpha value is -2.94. The Morgan fingerprint density at radius 1 is 1.16 bits per heavy atom. The highest BCUT2D eigenvalue weighted by molar-refractivity contribution is 7.20. The third-order valence-corrected chi connectivity index (χ3v) is 5.75. The molecule has 0 spiro atoms. The smallest absolute Gasteiger partial charge is 0.407 e. The molecule has 0 saturated carbocycles. The molecular formula is C23H29FN4O3S. The van der Waals surface area contributed by atoms with Crippen LogP contribution in [0.2, 0.25) is 0 Å². The van der Waals surface area contributed by atoms with E-state index in [4.69, 9.17) is 4.74 Å². The number of nitrogens with one attached hydrogen (secondary N) is 2. The van der Waals surface area contributed by atoms with Crippen LogP contribution < -0.4 is 10.6 Å². The van der Waals surface area contributed by atoms with E-state index in [9.17, 15) is 14.0 Å². The summed E-state index contributed by atoms with van der Waals surface area (Å²) in [6.45, 7) is 11.6. The molecule has 2 aromatic heterocycles. The maximum absolute atomic E-state index is 13.2. The molecule has 0 bridgehead atoms. The van der Waals surface area contributed by atoms with Gasteiger partial charge in [-0.3, -0.25) is 9.48 Å². The number of carbonyl (C=O) groups is 2. The fourth-order valence-electron chi connectivity index (χ4n) is 3.11. The molecular weight excluding hydrogens is 431 g/mol. The van der Waals surface area contributed by atoms with E-state index < -0.39 is 17.2 Å². The maximum atomic E-state index is 13.2. The van der Waals surface area contributed by atoms with Gasteiger partial charge in [-0.15, -0.1) is 11.3 Å². The van der Waals surface area contributed by atoms with Gasteiger partial charge in [-0.1, -0.05) is 12.1 Å². The van der Waals surface area contributed by atoms with Gasteiger partial charge < -0.3 is 15.4 Å². The van der Waals surface area contributed by atoms with Crippen LogP contribution in [0.3, 0.4) is 0 Å². The molecule has 3 rings (SSSR count). The number of benzene rings is 1. The molecule has 32 heavy (non-hydrogen) atoms. The van der Waals surface area contributed by atoms with E-state index in [1.807, 2.05) is 31.5 Å². The van der Waals surface area contributed by atoms with Crippen LogP contribution in [0.4, 0.5) is 9.18 Å². The van der Waals surface area contributed by atoms with Crippen molar-refractivity contribution >= 4 is 33.6 Å². The molecule has 0 unspecified atom stereocenters. The number of fused-ring (bicyclic) bond motifs is 1. The van der Waals surface area contributed by atoms with Crippen molar-refractivity contribution in [1.82, 2.24) is 20.4 Å². The lowest BCUT2D eigenvalue weighted by molar-refractivity contribution is 0.0510. The first-order valence-electron chi connectivity index (χ1n) is 10.3. The van der Waals surface area contributed by atoms with E-state index in [0.29, 0.717) is 11.4 Å². The lowest BCUT2D eigenvalue weighted by Crippen LogP contribution is -2.51. The third-order valence-electron chi connectivity index (χ3n) is 4.60. The van der Waals surface area contributed by atoms with Crippen molar-refractivity contribution in [2.24, 2.45) is 0 Å². The number of carbonyl (C=O) groups excluding carboxylic acids is 2. The molecule has 2 amide bonds. The minimum Gasteiger partial charge on any atom is -0.444 e. The summed E-state index contributed by atoms with van der Waals surface area (Å²) in [4.78, 5) is 26.2. The standard InChI is InChI=1S/C23H29FN4O3S/c1-14-17-11-18(19(29)26-23(5,6)13-25-21(30)31-22(2,3)4)32-20(17)28(27-14)12-15-7-9-16(24)10-8-15/h7-11H,12-13H2,1-6H3,(H,25,30)(H,26,29). The summed E-state index contributed by atoms with van der Waals surface area (Å²) in [5.41, 5.74) is 0.473. The Morgan fingerprint density at radius 2 is 1.81 bits per heavy atom. The molecule has 0 atom stereocenters. The summed E-state index contributed by atoms with van der Waals surface area (Å²) in [5, 5.41) is 11.1. The minimum atomic E-state index is -0.681. The van der Waals surface area contributed by atoms with E-state index >= 15 is 0 Å². The predicted octanol–water partition coefficient (Wildman–Crippen LogP) is 4.63. The average molecular weight is 461 g/mol. The molecule has 0 aliphatic rings. The second-order valence-corrected chi connectivity index (χ2v) is 10.4. The summed E-state index contributed by atoms with van der Waals surface area (Å²) >= 11 is 1.35. The highest BCUT2D eigenvalue weighted by atomic mass is 32.1. The Bertz CT molecular complexity index is 1130. The molecule has 2 heterocycles. The summed E-state index contributed by atoms with van der Waals surface area (Å²) in [6, 6.07) is 8.11. The number of amides is 2. The number of ether oxygens (including phenoxy) is 1. The fourth-order valence-corrected chi connectivity index (χ4v) is 4.17. The molecule has 0 fully saturated rings. The van der Waals surface area contributed by atoms with Gasteiger partial charge in [0.25, 0.3) is 5.91 Å². The zero-order valence-corrected chi connectivity index (χ0v) is 20.0. The Labute approximate surface area is 190 Å². The van der Waals surface area contributed by atoms with Gasteiger partial charge in [0, 0.05) is 11.9 Å². The number of aryl methyl sites for hydroxylation is 1. The quantitative estimate of drug-likeness (QED) is 0.562. The number of thiophene rings is 1. The van der Waals surface area contributed by atoms with Gasteiger partial charge in [0.1, 0.15) is 16.2 Å². The Morgan fingerprint density at radius 3 is 2.44 bits per heavy atom. The maximum Gasteiger partial charge on any atom is 0.407 e. The van der Waals surface area contributed by atoms with Gasteiger partial charge in [0.15, 0.2) is 0 Å². The Balaban J connectivity index is 1.70. The number of halogens is 1. The van der Waals surface area contributed by atoms with Crippen molar-refractivity contribution in [3.8, 4) is 0 Å². The van der Waals surface area contributed by atoms with Gasteiger partial charge in [0.05, 0.1) is 22.7 Å². The lowest BCUT2D eigenvalue weighted by atomic mass is 10.1. The SMILES string of the molecule is Cc1nn(Cc2ccc(F)cc2)c2sc(C(=O)NC(C)(C)CNC(=O)OC(C)(C)C)cc12. The van der Waals surface area contributed by atoms with Crippen LogP contribution in [0.25, 0.3) is 10.2 Å². The van der Waals surface area contributed by atoms with Crippen LogP contribution in [0.5, 0.6) is 0 Å². The highest BCUT2D eigenvalue weighted by Crippen LogP contribution is 2.29. The zero-order valence-electron chi connectivity index (χ0n) is 19.2. The molecule has 0 aliphatic heterocycles. The first-order valence-corrected chi connectivity index (χ1v) is 11.2. The molecule has 0 aliphatic carbocycles. The van der Waals surface area contributed by atoms with E-state index in [1.54, 1.807) is 32.9 Å². The van der Waals surface area contributed by atoms with Gasteiger partial charge in [-0.2, -0.15) is 5.10 Å². The van der Waals surface area contributed by atoms with Crippen molar-refractivity contribution < 1.29 is 18.7 Å². The van der Waals surface area contributed by atoms with Gasteiger partial charge >= 0.3 is 6.09 Å². The monoisotopic (exact) mass is 460 g/mol. The molecule has 9 heteroatoms. The minimum absolute atomic E-state index is 0.218. The van der Waals surface area contributed by atoms with E-state index in [1.165, 1.54) is 23.5 Å². The van der Waals surface area contributed by atoms with Crippen molar-refractivity contribution in [2.45, 2.75) is 59.2 Å². The molecule has 3 aromatic rings. The van der Waals surface area contributed by atoms with Crippen molar-refractivity contribution in [1.29, 1.82) is 0 Å². The largest absolute Gasteiger partial charge is 0.444 e. The van der Waals surface area contributed by atoms with Crippen LogP contribution >= 0.6 is 11.3 Å². The normalized spacial score (nSPS) is 12.1. The summed E-state index contributed by atoms with van der Waals surface area (Å²) in [7, 11) is 0. The van der Waals surface area contributed by atoms with E-state index in [0.717, 1.165) is 21.5 Å². The molecule has 1 aromatic carbocycles. The summed E-state index contributed by atoms with van der Waals surface area (Å²) in [5.74, 6) is -0.510. The second kappa shape index (κ2) is 8.90. The number of rotatable bonds is 6. The van der Waals surface area contributed by atoms with Crippen LogP contribution in [-0.2, 0) is 11.3 Å². The lowest BCUT2D eigenvalue weighted by Gasteiger charge is -2.27. The molecule has 0 radical (unpaired) electrons. The zero-order chi connectivity index (χ0) is 23.7. The summed E-state index contributed by atoms with van der Waals surface area (Å²) < 4.78 is 20.3. The number of alkyl carbamates (subject to hydrolysis) is 1. The van der Waals surface area contributed by atoms with Crippen LogP contribution in [0, 0.1) is 12.7 Å². The first kappa shape index (κ1) is 23.7. The van der Waals surface area contributed by atoms with Crippen LogP contribution in [-0.4, -0.2) is 39.5 Å². The van der Waals surface area contributed by atoms with Gasteiger partial charge in [-0.25, -0.2) is 9.18 Å².